The Morgan fingerprint density at radius 2 is 1.80 bits per heavy atom. The molecule has 5 aliphatic rings. The molecule has 5 nitrogen and oxygen atoms in total. The van der Waals surface area contributed by atoms with Crippen molar-refractivity contribution in [3.8, 4) is 0 Å². The summed E-state index contributed by atoms with van der Waals surface area (Å²) in [6.07, 6.45) is 9.42. The fraction of sp³-hybridized carbons (Fsp3) is 0.967. The Hall–Kier alpha value is -0.650. The maximum absolute atomic E-state index is 12.9. The smallest absolute Gasteiger partial charge is 0.222 e. The number of carbonyl (C=O) groups is 1. The number of hydrogen-bond donors (Lipinski definition) is 3. The lowest BCUT2D eigenvalue weighted by atomic mass is 9.43. The number of rotatable bonds is 4. The lowest BCUT2D eigenvalue weighted by molar-refractivity contribution is -0.207. The van der Waals surface area contributed by atoms with Crippen LogP contribution in [-0.4, -0.2) is 57.5 Å². The molecule has 1 aliphatic heterocycles. The number of aliphatic hydroxyl groups is 3. The van der Waals surface area contributed by atoms with Gasteiger partial charge in [0.05, 0.1) is 18.3 Å². The number of aliphatic hydroxyl groups excluding tert-OH is 3. The first kappa shape index (κ1) is 26.0. The van der Waals surface area contributed by atoms with Crippen molar-refractivity contribution < 1.29 is 20.1 Å². The summed E-state index contributed by atoms with van der Waals surface area (Å²) >= 11 is 0. The second-order valence-corrected chi connectivity index (χ2v) is 14.1. The summed E-state index contributed by atoms with van der Waals surface area (Å²) in [4.78, 5) is 15.0. The van der Waals surface area contributed by atoms with Crippen molar-refractivity contribution >= 4 is 5.91 Å². The molecule has 4 aliphatic carbocycles. The van der Waals surface area contributed by atoms with Crippen LogP contribution < -0.4 is 0 Å². The molecular formula is C30H51NO4. The van der Waals surface area contributed by atoms with Gasteiger partial charge < -0.3 is 20.2 Å². The van der Waals surface area contributed by atoms with Crippen LogP contribution in [0.25, 0.3) is 0 Å². The summed E-state index contributed by atoms with van der Waals surface area (Å²) in [6, 6.07) is 0. The highest BCUT2D eigenvalue weighted by atomic mass is 16.3. The zero-order chi connectivity index (χ0) is 25.1. The Balaban J connectivity index is 1.29. The fourth-order valence-electron chi connectivity index (χ4n) is 10.3. The SMILES string of the molecule is CC1CCCN(C(=O)CC[C@@H](C)[C@H]2CCC3C4C(C[C@H](O)[C@@]32C)[C@@]2(C)CC[C@@H](O)CC2C[C@H]4O)C1. The van der Waals surface area contributed by atoms with Crippen LogP contribution in [0.1, 0.15) is 98.3 Å². The van der Waals surface area contributed by atoms with E-state index >= 15 is 0 Å². The topological polar surface area (TPSA) is 81.0 Å². The first-order chi connectivity index (χ1) is 16.6. The Morgan fingerprint density at radius 3 is 2.54 bits per heavy atom. The maximum Gasteiger partial charge on any atom is 0.222 e. The lowest BCUT2D eigenvalue weighted by Gasteiger charge is -2.63. The molecule has 5 fully saturated rings. The van der Waals surface area contributed by atoms with Gasteiger partial charge in [-0.25, -0.2) is 0 Å². The Bertz CT molecular complexity index is 788. The van der Waals surface area contributed by atoms with Crippen molar-refractivity contribution in [2.24, 2.45) is 52.3 Å². The van der Waals surface area contributed by atoms with Crippen molar-refractivity contribution in [2.75, 3.05) is 13.1 Å². The molecule has 0 bridgehead atoms. The van der Waals surface area contributed by atoms with Crippen LogP contribution >= 0.6 is 0 Å². The Labute approximate surface area is 213 Å². The monoisotopic (exact) mass is 489 g/mol. The number of nitrogens with zero attached hydrogens (tertiary/aromatic N) is 1. The average molecular weight is 490 g/mol. The zero-order valence-electron chi connectivity index (χ0n) is 22.7. The van der Waals surface area contributed by atoms with Gasteiger partial charge in [0.25, 0.3) is 0 Å². The van der Waals surface area contributed by atoms with E-state index in [1.54, 1.807) is 0 Å². The molecule has 0 aromatic carbocycles. The van der Waals surface area contributed by atoms with E-state index in [9.17, 15) is 20.1 Å². The molecule has 200 valence electrons. The Kier molecular flexibility index (Phi) is 7.11. The molecule has 0 aromatic rings. The van der Waals surface area contributed by atoms with Crippen molar-refractivity contribution in [3.63, 3.8) is 0 Å². The van der Waals surface area contributed by atoms with Gasteiger partial charge in [0, 0.05) is 19.5 Å². The highest BCUT2D eigenvalue weighted by Crippen LogP contribution is 2.68. The lowest BCUT2D eigenvalue weighted by Crippen LogP contribution is -2.62. The van der Waals surface area contributed by atoms with Crippen LogP contribution in [0, 0.1) is 52.3 Å². The average Bonchev–Trinajstić information content (AvgIpc) is 3.17. The molecule has 1 heterocycles. The number of hydrogen-bond acceptors (Lipinski definition) is 4. The highest BCUT2D eigenvalue weighted by molar-refractivity contribution is 5.76. The number of carbonyl (C=O) groups excluding carboxylic acids is 1. The quantitative estimate of drug-likeness (QED) is 0.538. The van der Waals surface area contributed by atoms with Crippen LogP contribution in [0.3, 0.4) is 0 Å². The van der Waals surface area contributed by atoms with Crippen molar-refractivity contribution in [2.45, 2.75) is 117 Å². The molecule has 5 rings (SSSR count). The van der Waals surface area contributed by atoms with E-state index in [4.69, 9.17) is 0 Å². The highest BCUT2D eigenvalue weighted by Gasteiger charge is 2.65. The molecule has 0 spiro atoms. The summed E-state index contributed by atoms with van der Waals surface area (Å²) in [7, 11) is 0. The number of fused-ring (bicyclic) bond motifs is 5. The van der Waals surface area contributed by atoms with E-state index in [1.165, 1.54) is 6.42 Å². The minimum atomic E-state index is -0.350. The minimum Gasteiger partial charge on any atom is -0.393 e. The van der Waals surface area contributed by atoms with E-state index in [2.05, 4.69) is 32.6 Å². The normalized spacial score (nSPS) is 50.7. The molecular weight excluding hydrogens is 438 g/mol. The van der Waals surface area contributed by atoms with Gasteiger partial charge in [-0.15, -0.1) is 0 Å². The van der Waals surface area contributed by atoms with Gasteiger partial charge in [0.15, 0.2) is 0 Å². The van der Waals surface area contributed by atoms with Gasteiger partial charge in [0.2, 0.25) is 5.91 Å². The van der Waals surface area contributed by atoms with Crippen molar-refractivity contribution in [1.29, 1.82) is 0 Å². The molecule has 12 atom stereocenters. The predicted molar refractivity (Wildman–Crippen MR) is 137 cm³/mol. The first-order valence-corrected chi connectivity index (χ1v) is 14.9. The van der Waals surface area contributed by atoms with Crippen LogP contribution in [0.2, 0.25) is 0 Å². The fourth-order valence-corrected chi connectivity index (χ4v) is 10.3. The Morgan fingerprint density at radius 1 is 1.03 bits per heavy atom. The minimum absolute atomic E-state index is 0.118. The van der Waals surface area contributed by atoms with Gasteiger partial charge in [-0.1, -0.05) is 27.7 Å². The molecule has 4 saturated carbocycles. The largest absolute Gasteiger partial charge is 0.393 e. The maximum atomic E-state index is 12.9. The molecule has 35 heavy (non-hydrogen) atoms. The molecule has 1 amide bonds. The van der Waals surface area contributed by atoms with E-state index in [0.29, 0.717) is 47.8 Å². The van der Waals surface area contributed by atoms with E-state index in [0.717, 1.165) is 70.9 Å². The van der Waals surface area contributed by atoms with Crippen LogP contribution in [0.5, 0.6) is 0 Å². The standard InChI is InChI=1S/C30H51NO4/c1-18-6-5-13-31(17-18)27(35)10-7-19(2)22-8-9-23-28-24(16-26(34)30(22,23)4)29(3)12-11-21(32)14-20(29)15-25(28)33/h18-26,28,32-34H,5-17H2,1-4H3/t18?,19-,20?,21-,22-,23?,24?,25-,26+,28?,29+,30-/m1/s1. The molecule has 1 saturated heterocycles. The summed E-state index contributed by atoms with van der Waals surface area (Å²) < 4.78 is 0. The molecule has 0 aromatic heterocycles. The summed E-state index contributed by atoms with van der Waals surface area (Å²) in [5.74, 6) is 3.04. The van der Waals surface area contributed by atoms with Gasteiger partial charge in [0.1, 0.15) is 0 Å². The molecule has 5 heteroatoms. The van der Waals surface area contributed by atoms with Gasteiger partial charge in [-0.2, -0.15) is 0 Å². The third-order valence-corrected chi connectivity index (χ3v) is 12.3. The van der Waals surface area contributed by atoms with E-state index < -0.39 is 0 Å². The summed E-state index contributed by atoms with van der Waals surface area (Å²) in [5, 5.41) is 33.5. The first-order valence-electron chi connectivity index (χ1n) is 14.9. The summed E-state index contributed by atoms with van der Waals surface area (Å²) in [6.45, 7) is 11.1. The van der Waals surface area contributed by atoms with Gasteiger partial charge >= 0.3 is 0 Å². The van der Waals surface area contributed by atoms with Crippen LogP contribution in [-0.2, 0) is 4.79 Å². The second kappa shape index (κ2) is 9.58. The molecule has 5 unspecified atom stereocenters. The second-order valence-electron chi connectivity index (χ2n) is 14.1. The zero-order valence-corrected chi connectivity index (χ0v) is 22.7. The van der Waals surface area contributed by atoms with E-state index in [-0.39, 0.29) is 35.1 Å². The van der Waals surface area contributed by atoms with Gasteiger partial charge in [-0.3, -0.25) is 4.79 Å². The molecule has 3 N–H and O–H groups in total. The number of piperidine rings is 1. The number of amides is 1. The predicted octanol–water partition coefficient (Wildman–Crippen LogP) is 4.62. The van der Waals surface area contributed by atoms with Crippen LogP contribution in [0.4, 0.5) is 0 Å². The van der Waals surface area contributed by atoms with Crippen molar-refractivity contribution in [3.05, 3.63) is 0 Å². The summed E-state index contributed by atoms with van der Waals surface area (Å²) in [5.41, 5.74) is -0.0607. The molecule has 0 radical (unpaired) electrons. The van der Waals surface area contributed by atoms with Crippen molar-refractivity contribution in [1.82, 2.24) is 4.90 Å². The third-order valence-electron chi connectivity index (χ3n) is 12.3. The van der Waals surface area contributed by atoms with Gasteiger partial charge in [-0.05, 0) is 116 Å². The van der Waals surface area contributed by atoms with Crippen LogP contribution in [0.15, 0.2) is 0 Å². The van der Waals surface area contributed by atoms with E-state index in [1.807, 2.05) is 0 Å². The third kappa shape index (κ3) is 4.30. The number of likely N-dealkylation sites (tertiary alicyclic amines) is 1.